The van der Waals surface area contributed by atoms with Gasteiger partial charge in [-0.1, -0.05) is 0 Å². The molecule has 1 amide bonds. The summed E-state index contributed by atoms with van der Waals surface area (Å²) in [7, 11) is 1.76. The number of ketones is 1. The molecule has 132 valence electrons. The van der Waals surface area contributed by atoms with Crippen LogP contribution in [0.2, 0.25) is 0 Å². The van der Waals surface area contributed by atoms with Crippen LogP contribution in [0.3, 0.4) is 0 Å². The van der Waals surface area contributed by atoms with Crippen molar-refractivity contribution in [2.24, 2.45) is 0 Å². The van der Waals surface area contributed by atoms with E-state index in [1.807, 2.05) is 20.8 Å². The van der Waals surface area contributed by atoms with E-state index in [4.69, 9.17) is 4.74 Å². The zero-order chi connectivity index (χ0) is 17.7. The first-order valence-electron chi connectivity index (χ1n) is 8.23. The normalized spacial score (nSPS) is 18.9. The topological polar surface area (TPSA) is 75.6 Å². The van der Waals surface area contributed by atoms with Gasteiger partial charge in [0.25, 0.3) is 0 Å². The average Bonchev–Trinajstić information content (AvgIpc) is 2.53. The number of nitrogens with zero attached hydrogens (tertiary/aromatic N) is 4. The third kappa shape index (κ3) is 5.26. The van der Waals surface area contributed by atoms with Crippen LogP contribution in [0.1, 0.15) is 44.1 Å². The summed E-state index contributed by atoms with van der Waals surface area (Å²) >= 11 is 0. The molecular weight excluding hydrogens is 308 g/mol. The Balaban J connectivity index is 1.91. The van der Waals surface area contributed by atoms with E-state index < -0.39 is 5.60 Å². The fourth-order valence-electron chi connectivity index (χ4n) is 2.70. The van der Waals surface area contributed by atoms with Crippen LogP contribution in [0, 0.1) is 0 Å². The third-order valence-electron chi connectivity index (χ3n) is 3.93. The molecule has 0 spiro atoms. The highest BCUT2D eigenvalue weighted by atomic mass is 16.6. The van der Waals surface area contributed by atoms with E-state index in [1.54, 1.807) is 18.1 Å². The Kier molecular flexibility index (Phi) is 5.88. The lowest BCUT2D eigenvalue weighted by molar-refractivity contribution is 0.0138. The van der Waals surface area contributed by atoms with Crippen molar-refractivity contribution >= 4 is 11.9 Å². The maximum Gasteiger partial charge on any atom is 0.410 e. The van der Waals surface area contributed by atoms with Crippen molar-refractivity contribution in [2.45, 2.75) is 45.3 Å². The number of Topliss-reactive ketones (excluding diaryl/α,β-unsaturated/α-hetero) is 1. The van der Waals surface area contributed by atoms with Gasteiger partial charge in [-0.25, -0.2) is 9.78 Å². The summed E-state index contributed by atoms with van der Waals surface area (Å²) in [5.74, 6) is -0.0522. The van der Waals surface area contributed by atoms with Crippen molar-refractivity contribution in [2.75, 3.05) is 26.7 Å². The molecule has 1 unspecified atom stereocenters. The van der Waals surface area contributed by atoms with Gasteiger partial charge in [-0.05, 0) is 40.2 Å². The molecule has 2 heterocycles. The van der Waals surface area contributed by atoms with E-state index in [0.717, 1.165) is 19.4 Å². The first kappa shape index (κ1) is 18.3. The van der Waals surface area contributed by atoms with Crippen LogP contribution in [0.15, 0.2) is 18.6 Å². The zero-order valence-corrected chi connectivity index (χ0v) is 14.9. The molecule has 0 aromatic carbocycles. The van der Waals surface area contributed by atoms with E-state index >= 15 is 0 Å². The van der Waals surface area contributed by atoms with E-state index in [-0.39, 0.29) is 24.5 Å². The predicted molar refractivity (Wildman–Crippen MR) is 89.8 cm³/mol. The van der Waals surface area contributed by atoms with Crippen molar-refractivity contribution in [3.05, 3.63) is 24.3 Å². The quantitative estimate of drug-likeness (QED) is 0.784. The van der Waals surface area contributed by atoms with Crippen LogP contribution in [-0.2, 0) is 4.74 Å². The van der Waals surface area contributed by atoms with Crippen molar-refractivity contribution < 1.29 is 14.3 Å². The molecule has 1 saturated heterocycles. The maximum absolute atomic E-state index is 12.3. The van der Waals surface area contributed by atoms with Crippen LogP contribution < -0.4 is 0 Å². The standard InChI is InChI=1S/C17H26N4O3/c1-17(2,3)24-16(23)20(4)13-6-5-9-21(11-13)12-15(22)14-10-18-7-8-19-14/h7-8,10,13H,5-6,9,11-12H2,1-4H3. The Morgan fingerprint density at radius 1 is 1.38 bits per heavy atom. The number of carbonyl (C=O) groups excluding carboxylic acids is 2. The van der Waals surface area contributed by atoms with E-state index in [0.29, 0.717) is 12.2 Å². The minimum atomic E-state index is -0.512. The fourth-order valence-corrected chi connectivity index (χ4v) is 2.70. The number of likely N-dealkylation sites (tertiary alicyclic amines) is 1. The third-order valence-corrected chi connectivity index (χ3v) is 3.93. The molecule has 0 bridgehead atoms. The fraction of sp³-hybridized carbons (Fsp3) is 0.647. The molecule has 1 aromatic rings. The number of hydrogen-bond acceptors (Lipinski definition) is 6. The molecule has 0 N–H and O–H groups in total. The van der Waals surface area contributed by atoms with Gasteiger partial charge in [-0.2, -0.15) is 0 Å². The molecule has 1 fully saturated rings. The van der Waals surface area contributed by atoms with Crippen molar-refractivity contribution in [3.63, 3.8) is 0 Å². The van der Waals surface area contributed by atoms with Gasteiger partial charge in [0.05, 0.1) is 12.7 Å². The Hall–Kier alpha value is -2.02. The lowest BCUT2D eigenvalue weighted by atomic mass is 10.0. The van der Waals surface area contributed by atoms with E-state index in [1.165, 1.54) is 12.4 Å². The summed E-state index contributed by atoms with van der Waals surface area (Å²) in [6.07, 6.45) is 6.06. The van der Waals surface area contributed by atoms with Crippen LogP contribution in [0.5, 0.6) is 0 Å². The van der Waals surface area contributed by atoms with Gasteiger partial charge in [0.2, 0.25) is 0 Å². The Labute approximate surface area is 143 Å². The molecule has 7 heteroatoms. The lowest BCUT2D eigenvalue weighted by Gasteiger charge is -2.37. The first-order valence-corrected chi connectivity index (χ1v) is 8.23. The number of hydrogen-bond donors (Lipinski definition) is 0. The van der Waals surface area contributed by atoms with Crippen LogP contribution in [0.4, 0.5) is 4.79 Å². The highest BCUT2D eigenvalue weighted by Gasteiger charge is 2.29. The van der Waals surface area contributed by atoms with Gasteiger partial charge < -0.3 is 9.64 Å². The summed E-state index contributed by atoms with van der Waals surface area (Å²) in [5.41, 5.74) is -0.137. The van der Waals surface area contributed by atoms with Crippen LogP contribution in [0.25, 0.3) is 0 Å². The number of aromatic nitrogens is 2. The summed E-state index contributed by atoms with van der Waals surface area (Å²) in [4.78, 5) is 36.1. The number of ether oxygens (including phenoxy) is 1. The monoisotopic (exact) mass is 334 g/mol. The second-order valence-electron chi connectivity index (χ2n) is 7.14. The number of carbonyl (C=O) groups is 2. The van der Waals surface area contributed by atoms with Crippen molar-refractivity contribution in [1.82, 2.24) is 19.8 Å². The van der Waals surface area contributed by atoms with Crippen molar-refractivity contribution in [3.8, 4) is 0 Å². The van der Waals surface area contributed by atoms with Crippen LogP contribution in [-0.4, -0.2) is 70.0 Å². The summed E-state index contributed by atoms with van der Waals surface area (Å²) in [6, 6.07) is 0.0447. The highest BCUT2D eigenvalue weighted by molar-refractivity contribution is 5.95. The maximum atomic E-state index is 12.3. The van der Waals surface area contributed by atoms with Gasteiger partial charge >= 0.3 is 6.09 Å². The Morgan fingerprint density at radius 2 is 2.12 bits per heavy atom. The second kappa shape index (κ2) is 7.70. The van der Waals surface area contributed by atoms with Crippen molar-refractivity contribution in [1.29, 1.82) is 0 Å². The van der Waals surface area contributed by atoms with Gasteiger partial charge in [0, 0.05) is 32.0 Å². The molecule has 0 aliphatic carbocycles. The van der Waals surface area contributed by atoms with Gasteiger partial charge in [0.1, 0.15) is 11.3 Å². The lowest BCUT2D eigenvalue weighted by Crippen LogP contribution is -2.50. The molecule has 1 aliphatic heterocycles. The van der Waals surface area contributed by atoms with Gasteiger partial charge in [-0.3, -0.25) is 14.7 Å². The molecule has 1 aromatic heterocycles. The van der Waals surface area contributed by atoms with Crippen LogP contribution >= 0.6 is 0 Å². The molecule has 7 nitrogen and oxygen atoms in total. The largest absolute Gasteiger partial charge is 0.444 e. The summed E-state index contributed by atoms with van der Waals surface area (Å²) in [5, 5.41) is 0. The summed E-state index contributed by atoms with van der Waals surface area (Å²) in [6.45, 7) is 7.34. The Bertz CT molecular complexity index is 571. The average molecular weight is 334 g/mol. The highest BCUT2D eigenvalue weighted by Crippen LogP contribution is 2.18. The molecule has 1 aliphatic rings. The number of rotatable bonds is 4. The SMILES string of the molecule is CN(C(=O)OC(C)(C)C)C1CCCN(CC(=O)c2cnccn2)C1. The number of likely N-dealkylation sites (N-methyl/N-ethyl adjacent to an activating group) is 1. The molecule has 0 saturated carbocycles. The first-order chi connectivity index (χ1) is 11.3. The second-order valence-corrected chi connectivity index (χ2v) is 7.14. The van der Waals surface area contributed by atoms with E-state index in [9.17, 15) is 9.59 Å². The van der Waals surface area contributed by atoms with Gasteiger partial charge in [0.15, 0.2) is 5.78 Å². The summed E-state index contributed by atoms with van der Waals surface area (Å²) < 4.78 is 5.42. The minimum absolute atomic E-state index is 0.0447. The predicted octanol–water partition coefficient (Wildman–Crippen LogP) is 1.99. The number of amides is 1. The molecule has 24 heavy (non-hydrogen) atoms. The smallest absolute Gasteiger partial charge is 0.410 e. The Morgan fingerprint density at radius 3 is 2.75 bits per heavy atom. The molecule has 0 radical (unpaired) electrons. The van der Waals surface area contributed by atoms with E-state index in [2.05, 4.69) is 14.9 Å². The molecule has 2 rings (SSSR count). The zero-order valence-electron chi connectivity index (χ0n) is 14.9. The van der Waals surface area contributed by atoms with Gasteiger partial charge in [-0.15, -0.1) is 0 Å². The molecule has 1 atom stereocenters. The molecular formula is C17H26N4O3. The number of piperidine rings is 1. The minimum Gasteiger partial charge on any atom is -0.444 e.